The van der Waals surface area contributed by atoms with E-state index in [2.05, 4.69) is 53.4 Å². The van der Waals surface area contributed by atoms with E-state index in [1.165, 1.54) is 63.4 Å². The summed E-state index contributed by atoms with van der Waals surface area (Å²) in [4.78, 5) is 0. The van der Waals surface area contributed by atoms with Crippen LogP contribution in [0, 0.1) is 5.92 Å². The third-order valence-electron chi connectivity index (χ3n) is 3.93. The van der Waals surface area contributed by atoms with E-state index in [-0.39, 0.29) is 0 Å². The van der Waals surface area contributed by atoms with Gasteiger partial charge in [-0.2, -0.15) is 0 Å². The minimum Gasteiger partial charge on any atom is -0.141 e. The number of aryl methyl sites for hydroxylation is 1. The summed E-state index contributed by atoms with van der Waals surface area (Å²) in [6.45, 7) is 6.45. The smallest absolute Gasteiger partial charge is 0.0281 e. The van der Waals surface area contributed by atoms with Crippen LogP contribution in [-0.4, -0.2) is 6.66 Å². The Morgan fingerprint density at radius 2 is 1.45 bits per heavy atom. The molecule has 0 bridgehead atoms. The van der Waals surface area contributed by atoms with Gasteiger partial charge in [-0.05, 0) is 17.9 Å². The molecule has 1 aromatic rings. The third kappa shape index (κ3) is 10.4. The van der Waals surface area contributed by atoms with E-state index in [9.17, 15) is 0 Å². The lowest BCUT2D eigenvalue weighted by molar-refractivity contribution is 0.446. The average Bonchev–Trinajstić information content (AvgIpc) is 2.80. The van der Waals surface area contributed by atoms with Gasteiger partial charge in [-0.3, -0.25) is 0 Å². The van der Waals surface area contributed by atoms with E-state index in [0.717, 1.165) is 5.92 Å². The molecule has 0 radical (unpaired) electrons. The summed E-state index contributed by atoms with van der Waals surface area (Å²) in [5, 5.41) is 0. The van der Waals surface area contributed by atoms with E-state index in [1.807, 2.05) is 6.66 Å². The van der Waals surface area contributed by atoms with E-state index >= 15 is 0 Å². The van der Waals surface area contributed by atoms with Gasteiger partial charge in [0.1, 0.15) is 0 Å². The minimum absolute atomic E-state index is 1.08. The fourth-order valence-corrected chi connectivity index (χ4v) is 2.71. The largest absolute Gasteiger partial charge is 0.141 e. The Hall–Kier alpha value is -0.350. The summed E-state index contributed by atoms with van der Waals surface area (Å²) in [5.41, 5.74) is 1.44. The van der Waals surface area contributed by atoms with Gasteiger partial charge in [0.15, 0.2) is 0 Å². The Morgan fingerprint density at radius 1 is 0.900 bits per heavy atom. The van der Waals surface area contributed by atoms with E-state index in [4.69, 9.17) is 0 Å². The Labute approximate surface area is 130 Å². The first-order chi connectivity index (χ1) is 9.86. The van der Waals surface area contributed by atoms with Crippen LogP contribution in [0.15, 0.2) is 30.3 Å². The molecule has 0 aliphatic heterocycles. The zero-order valence-corrected chi connectivity index (χ0v) is 15.1. The average molecular weight is 294 g/mol. The molecule has 1 heteroatoms. The number of hydrogen-bond acceptors (Lipinski definition) is 0. The maximum atomic E-state index is 2.42. The van der Waals surface area contributed by atoms with Crippen LogP contribution < -0.4 is 0 Å². The van der Waals surface area contributed by atoms with Crippen LogP contribution in [0.3, 0.4) is 0 Å². The van der Waals surface area contributed by atoms with Crippen molar-refractivity contribution in [2.75, 3.05) is 6.66 Å². The van der Waals surface area contributed by atoms with Crippen LogP contribution in [0.25, 0.3) is 0 Å². The predicted octanol–water partition coefficient (Wildman–Crippen LogP) is 6.50. The third-order valence-corrected chi connectivity index (χ3v) is 3.93. The van der Waals surface area contributed by atoms with E-state index in [0.29, 0.717) is 0 Å². The predicted molar refractivity (Wildman–Crippen MR) is 97.6 cm³/mol. The van der Waals surface area contributed by atoms with Gasteiger partial charge in [-0.1, -0.05) is 102 Å². The van der Waals surface area contributed by atoms with Crippen LogP contribution in [0.4, 0.5) is 0 Å². The molecular formula is C19H35P. The number of hydrogen-bond donors (Lipinski definition) is 0. The van der Waals surface area contributed by atoms with Crippen molar-refractivity contribution >= 4 is 9.24 Å². The highest BCUT2D eigenvalue weighted by molar-refractivity contribution is 7.15. The summed E-state index contributed by atoms with van der Waals surface area (Å²) in [5.74, 6) is 1.08. The summed E-state index contributed by atoms with van der Waals surface area (Å²) < 4.78 is 0. The lowest BCUT2D eigenvalue weighted by Crippen LogP contribution is -1.94. The molecule has 0 amide bonds. The van der Waals surface area contributed by atoms with E-state index in [1.54, 1.807) is 0 Å². The molecule has 0 nitrogen and oxygen atoms in total. The fourth-order valence-electron chi connectivity index (χ4n) is 2.71. The molecule has 20 heavy (non-hydrogen) atoms. The molecule has 1 atom stereocenters. The van der Waals surface area contributed by atoms with Gasteiger partial charge < -0.3 is 0 Å². The van der Waals surface area contributed by atoms with Crippen molar-refractivity contribution < 1.29 is 0 Å². The van der Waals surface area contributed by atoms with Gasteiger partial charge in [0.2, 0.25) is 0 Å². The summed E-state index contributed by atoms with van der Waals surface area (Å²) >= 11 is 0. The lowest BCUT2D eigenvalue weighted by atomic mass is 9.98. The second-order valence-electron chi connectivity index (χ2n) is 5.50. The highest BCUT2D eigenvalue weighted by Crippen LogP contribution is 2.24. The molecule has 1 saturated carbocycles. The van der Waals surface area contributed by atoms with Gasteiger partial charge >= 0.3 is 0 Å². The molecule has 1 unspecified atom stereocenters. The standard InChI is InChI=1S/C9H18.C9H12.CH5P/c1-2-9-7-5-3-4-6-8-9;1-2-6-9-7-4-3-5-8-9;1-2/h9H,2-8H2,1H3;3-5,7-8H,2,6H2,1H3;2H2,1H3. The second kappa shape index (κ2) is 15.0. The van der Waals surface area contributed by atoms with Gasteiger partial charge in [-0.25, -0.2) is 0 Å². The highest BCUT2D eigenvalue weighted by Gasteiger charge is 2.08. The van der Waals surface area contributed by atoms with Gasteiger partial charge in [-0.15, -0.1) is 9.24 Å². The zero-order chi connectivity index (χ0) is 15.1. The maximum absolute atomic E-state index is 2.42. The summed E-state index contributed by atoms with van der Waals surface area (Å²) in [6.07, 6.45) is 12.9. The van der Waals surface area contributed by atoms with Crippen LogP contribution >= 0.6 is 9.24 Å². The molecule has 2 rings (SSSR count). The molecule has 1 aliphatic rings. The molecule has 0 saturated heterocycles. The Bertz CT molecular complexity index is 273. The molecule has 0 spiro atoms. The normalized spacial score (nSPS) is 15.2. The first-order valence-electron chi connectivity index (χ1n) is 8.48. The van der Waals surface area contributed by atoms with Crippen molar-refractivity contribution in [2.45, 2.75) is 71.6 Å². The van der Waals surface area contributed by atoms with E-state index < -0.39 is 0 Å². The second-order valence-corrected chi connectivity index (χ2v) is 5.50. The van der Waals surface area contributed by atoms with Crippen molar-refractivity contribution in [3.8, 4) is 0 Å². The monoisotopic (exact) mass is 294 g/mol. The molecule has 0 heterocycles. The Kier molecular flexibility index (Phi) is 14.8. The molecule has 0 aromatic heterocycles. The first-order valence-corrected chi connectivity index (χ1v) is 9.64. The highest BCUT2D eigenvalue weighted by atomic mass is 31.0. The molecular weight excluding hydrogens is 259 g/mol. The van der Waals surface area contributed by atoms with Crippen LogP contribution in [0.1, 0.15) is 70.8 Å². The van der Waals surface area contributed by atoms with Crippen molar-refractivity contribution in [1.29, 1.82) is 0 Å². The topological polar surface area (TPSA) is 0 Å². The molecule has 116 valence electrons. The molecule has 1 aliphatic carbocycles. The lowest BCUT2D eigenvalue weighted by Gasteiger charge is -2.08. The van der Waals surface area contributed by atoms with Crippen LogP contribution in [-0.2, 0) is 6.42 Å². The van der Waals surface area contributed by atoms with Gasteiger partial charge in [0.25, 0.3) is 0 Å². The zero-order valence-electron chi connectivity index (χ0n) is 13.9. The fraction of sp³-hybridized carbons (Fsp3) is 0.684. The summed E-state index contributed by atoms with van der Waals surface area (Å²) in [7, 11) is 2.42. The molecule has 1 aromatic carbocycles. The minimum atomic E-state index is 1.08. The number of benzene rings is 1. The van der Waals surface area contributed by atoms with Crippen molar-refractivity contribution in [3.05, 3.63) is 35.9 Å². The van der Waals surface area contributed by atoms with Crippen molar-refractivity contribution in [1.82, 2.24) is 0 Å². The van der Waals surface area contributed by atoms with Gasteiger partial charge in [0, 0.05) is 0 Å². The van der Waals surface area contributed by atoms with Gasteiger partial charge in [0.05, 0.1) is 0 Å². The van der Waals surface area contributed by atoms with Crippen molar-refractivity contribution in [3.63, 3.8) is 0 Å². The maximum Gasteiger partial charge on any atom is -0.0281 e. The first kappa shape index (κ1) is 19.7. The Balaban J connectivity index is 0.000000321. The number of rotatable bonds is 3. The van der Waals surface area contributed by atoms with Crippen molar-refractivity contribution in [2.24, 2.45) is 5.92 Å². The summed E-state index contributed by atoms with van der Waals surface area (Å²) in [6, 6.07) is 10.6. The quantitative estimate of drug-likeness (QED) is 0.441. The Morgan fingerprint density at radius 3 is 1.90 bits per heavy atom. The SMILES string of the molecule is CCC1CCCCCC1.CCCc1ccccc1.CP. The van der Waals surface area contributed by atoms with Crippen LogP contribution in [0.5, 0.6) is 0 Å². The molecule has 1 fully saturated rings. The van der Waals surface area contributed by atoms with Crippen LogP contribution in [0.2, 0.25) is 0 Å². The molecule has 0 N–H and O–H groups in total.